The van der Waals surface area contributed by atoms with E-state index in [0.717, 1.165) is 12.1 Å². The zero-order valence-corrected chi connectivity index (χ0v) is 10.4. The quantitative estimate of drug-likeness (QED) is 0.576. The van der Waals surface area contributed by atoms with Crippen LogP contribution in [0.4, 0.5) is 13.2 Å². The van der Waals surface area contributed by atoms with Gasteiger partial charge in [-0.1, -0.05) is 12.1 Å². The molecule has 0 aromatic heterocycles. The molecular formula is C9H6F3NaO3. The molecule has 16 heavy (non-hydrogen) atoms. The second-order valence-corrected chi connectivity index (χ2v) is 2.69. The topological polar surface area (TPSA) is 49.4 Å². The summed E-state index contributed by atoms with van der Waals surface area (Å²) < 4.78 is 39.7. The summed E-state index contributed by atoms with van der Waals surface area (Å²) in [5.41, 5.74) is -0.401. The second-order valence-electron chi connectivity index (χ2n) is 2.69. The van der Waals surface area contributed by atoms with E-state index < -0.39 is 24.3 Å². The molecular weight excluding hydrogens is 236 g/mol. The maximum absolute atomic E-state index is 11.8. The minimum absolute atomic E-state index is 0. The predicted octanol–water partition coefficient (Wildman–Crippen LogP) is -2.00. The molecule has 0 unspecified atom stereocenters. The van der Waals surface area contributed by atoms with Gasteiger partial charge in [0.25, 0.3) is 0 Å². The Bertz CT molecular complexity index is 365. The summed E-state index contributed by atoms with van der Waals surface area (Å²) in [5.74, 6) is -1.93. The molecule has 0 radical (unpaired) electrons. The van der Waals surface area contributed by atoms with Crippen LogP contribution in [0.15, 0.2) is 24.3 Å². The van der Waals surface area contributed by atoms with Crippen molar-refractivity contribution in [1.29, 1.82) is 0 Å². The van der Waals surface area contributed by atoms with E-state index in [2.05, 4.69) is 4.74 Å². The Hall–Kier alpha value is -0.720. The van der Waals surface area contributed by atoms with Crippen molar-refractivity contribution < 1.29 is 57.4 Å². The molecule has 82 valence electrons. The number of hydrogen-bond donors (Lipinski definition) is 0. The van der Waals surface area contributed by atoms with Crippen LogP contribution >= 0.6 is 0 Å². The number of alkyl halides is 3. The zero-order valence-electron chi connectivity index (χ0n) is 8.38. The number of carboxylic acids is 1. The summed E-state index contributed by atoms with van der Waals surface area (Å²) >= 11 is 0. The van der Waals surface area contributed by atoms with E-state index in [-0.39, 0.29) is 35.3 Å². The summed E-state index contributed by atoms with van der Waals surface area (Å²) in [4.78, 5) is 10.5. The monoisotopic (exact) mass is 242 g/mol. The van der Waals surface area contributed by atoms with Gasteiger partial charge in [-0.05, 0) is 12.1 Å². The smallest absolute Gasteiger partial charge is 0.545 e. The summed E-state index contributed by atoms with van der Waals surface area (Å²) in [7, 11) is 0. The van der Waals surface area contributed by atoms with Gasteiger partial charge in [0.15, 0.2) is 6.61 Å². The maximum atomic E-state index is 11.8. The molecule has 0 atom stereocenters. The van der Waals surface area contributed by atoms with Crippen molar-refractivity contribution in [3.8, 4) is 5.75 Å². The fraction of sp³-hybridized carbons (Fsp3) is 0.222. The Morgan fingerprint density at radius 2 is 1.88 bits per heavy atom. The van der Waals surface area contributed by atoms with Crippen LogP contribution in [0.2, 0.25) is 0 Å². The van der Waals surface area contributed by atoms with Crippen molar-refractivity contribution in [2.45, 2.75) is 6.18 Å². The van der Waals surface area contributed by atoms with Crippen molar-refractivity contribution in [1.82, 2.24) is 0 Å². The minimum Gasteiger partial charge on any atom is -0.545 e. The summed E-state index contributed by atoms with van der Waals surface area (Å²) in [6.45, 7) is -1.53. The second kappa shape index (κ2) is 6.12. The third kappa shape index (κ3) is 4.87. The van der Waals surface area contributed by atoms with Gasteiger partial charge in [0.1, 0.15) is 5.75 Å². The van der Waals surface area contributed by atoms with E-state index >= 15 is 0 Å². The van der Waals surface area contributed by atoms with Crippen molar-refractivity contribution in [2.24, 2.45) is 0 Å². The van der Waals surface area contributed by atoms with Crippen LogP contribution < -0.4 is 39.4 Å². The Morgan fingerprint density at radius 3 is 2.38 bits per heavy atom. The van der Waals surface area contributed by atoms with Gasteiger partial charge in [-0.25, -0.2) is 0 Å². The molecule has 7 heteroatoms. The van der Waals surface area contributed by atoms with E-state index in [1.54, 1.807) is 0 Å². The fourth-order valence-electron chi connectivity index (χ4n) is 0.921. The maximum Gasteiger partial charge on any atom is 1.00 e. The summed E-state index contributed by atoms with van der Waals surface area (Å²) in [6.07, 6.45) is -4.50. The third-order valence-corrected chi connectivity index (χ3v) is 1.50. The van der Waals surface area contributed by atoms with Gasteiger partial charge in [-0.3, -0.25) is 0 Å². The predicted molar refractivity (Wildman–Crippen MR) is 42.3 cm³/mol. The van der Waals surface area contributed by atoms with Crippen LogP contribution in [0.25, 0.3) is 0 Å². The molecule has 0 saturated heterocycles. The van der Waals surface area contributed by atoms with Crippen LogP contribution in [0.5, 0.6) is 5.75 Å². The van der Waals surface area contributed by atoms with Crippen molar-refractivity contribution in [3.05, 3.63) is 29.8 Å². The number of halogens is 3. The zero-order chi connectivity index (χ0) is 11.5. The Morgan fingerprint density at radius 1 is 1.31 bits per heavy atom. The number of hydrogen-bond acceptors (Lipinski definition) is 3. The summed E-state index contributed by atoms with van der Waals surface area (Å²) in [6, 6.07) is 4.99. The van der Waals surface area contributed by atoms with Crippen LogP contribution in [0, 0.1) is 0 Å². The van der Waals surface area contributed by atoms with Gasteiger partial charge < -0.3 is 14.6 Å². The molecule has 0 bridgehead atoms. The molecule has 0 aliphatic heterocycles. The average molecular weight is 242 g/mol. The first-order valence-electron chi connectivity index (χ1n) is 3.90. The van der Waals surface area contributed by atoms with Crippen molar-refractivity contribution in [3.63, 3.8) is 0 Å². The molecule has 0 spiro atoms. The van der Waals surface area contributed by atoms with E-state index in [1.165, 1.54) is 12.1 Å². The van der Waals surface area contributed by atoms with Crippen molar-refractivity contribution in [2.75, 3.05) is 6.61 Å². The molecule has 0 aliphatic carbocycles. The Kier molecular flexibility index (Phi) is 5.85. The number of carbonyl (C=O) groups is 1. The van der Waals surface area contributed by atoms with Gasteiger partial charge in [0.2, 0.25) is 0 Å². The van der Waals surface area contributed by atoms with E-state index in [4.69, 9.17) is 0 Å². The van der Waals surface area contributed by atoms with Gasteiger partial charge in [-0.15, -0.1) is 0 Å². The van der Waals surface area contributed by atoms with Crippen molar-refractivity contribution >= 4 is 5.97 Å². The molecule has 0 saturated carbocycles. The molecule has 0 heterocycles. The molecule has 0 fully saturated rings. The number of para-hydroxylation sites is 1. The van der Waals surface area contributed by atoms with Gasteiger partial charge in [-0.2, -0.15) is 13.2 Å². The minimum atomic E-state index is -4.50. The number of aromatic carboxylic acids is 1. The average Bonchev–Trinajstić information content (AvgIpc) is 2.14. The number of rotatable bonds is 3. The largest absolute Gasteiger partial charge is 1.00 e. The van der Waals surface area contributed by atoms with Gasteiger partial charge in [0.05, 0.1) is 5.97 Å². The van der Waals surface area contributed by atoms with E-state index in [0.29, 0.717) is 0 Å². The molecule has 0 N–H and O–H groups in total. The summed E-state index contributed by atoms with van der Waals surface area (Å²) in [5, 5.41) is 10.5. The number of ether oxygens (including phenoxy) is 1. The first-order chi connectivity index (χ1) is 6.90. The van der Waals surface area contributed by atoms with Crippen LogP contribution in [-0.2, 0) is 0 Å². The van der Waals surface area contributed by atoms with Gasteiger partial charge in [0, 0.05) is 5.56 Å². The number of benzene rings is 1. The Balaban J connectivity index is 0.00000225. The molecule has 1 aromatic carbocycles. The van der Waals surface area contributed by atoms with Gasteiger partial charge >= 0.3 is 35.7 Å². The first-order valence-corrected chi connectivity index (χ1v) is 3.90. The molecule has 0 aliphatic rings. The SMILES string of the molecule is O=C([O-])c1ccccc1OCC(F)(F)F.[Na+]. The van der Waals surface area contributed by atoms with Crippen LogP contribution in [0.3, 0.4) is 0 Å². The van der Waals surface area contributed by atoms with E-state index in [1.807, 2.05) is 0 Å². The fourth-order valence-corrected chi connectivity index (χ4v) is 0.921. The molecule has 1 rings (SSSR count). The number of carbonyl (C=O) groups excluding carboxylic acids is 1. The molecule has 0 amide bonds. The van der Waals surface area contributed by atoms with E-state index in [9.17, 15) is 23.1 Å². The van der Waals surface area contributed by atoms with Crippen LogP contribution in [0.1, 0.15) is 10.4 Å². The first kappa shape index (κ1) is 15.3. The Labute approximate surface area is 112 Å². The normalized spacial score (nSPS) is 10.4. The van der Waals surface area contributed by atoms with Crippen LogP contribution in [-0.4, -0.2) is 18.8 Å². The third-order valence-electron chi connectivity index (χ3n) is 1.50. The number of carboxylic acid groups (broad SMARTS) is 1. The standard InChI is InChI=1S/C9H7F3O3.Na/c10-9(11,12)5-15-7-4-2-1-3-6(7)8(13)14;/h1-4H,5H2,(H,13,14);/q;+1/p-1. The molecule has 1 aromatic rings. The molecule has 3 nitrogen and oxygen atoms in total.